The van der Waals surface area contributed by atoms with Gasteiger partial charge in [-0.25, -0.2) is 18.6 Å². The maximum Gasteiger partial charge on any atom is 0.330 e. The zero-order valence-electron chi connectivity index (χ0n) is 23.8. The van der Waals surface area contributed by atoms with Crippen LogP contribution in [0.4, 0.5) is 31.0 Å². The minimum atomic E-state index is -1.01. The Bertz CT molecular complexity index is 1450. The van der Waals surface area contributed by atoms with E-state index in [0.29, 0.717) is 11.4 Å². The summed E-state index contributed by atoms with van der Waals surface area (Å²) < 4.78 is 53.1. The van der Waals surface area contributed by atoms with Crippen molar-refractivity contribution in [2.45, 2.75) is 56.8 Å². The fourth-order valence-corrected chi connectivity index (χ4v) is 5.86. The lowest BCUT2D eigenvalue weighted by Gasteiger charge is -2.39. The molecule has 1 aromatic heterocycles. The smallest absolute Gasteiger partial charge is 0.330 e. The number of methoxy groups -OCH3 is 2. The van der Waals surface area contributed by atoms with Gasteiger partial charge >= 0.3 is 6.03 Å². The first-order valence-corrected chi connectivity index (χ1v) is 14.2. The minimum absolute atomic E-state index is 0.160. The van der Waals surface area contributed by atoms with Gasteiger partial charge in [0.05, 0.1) is 27.4 Å². The molecule has 3 atom stereocenters. The normalized spacial score (nSPS) is 22.2. The Balaban J connectivity index is 1.28. The van der Waals surface area contributed by atoms with Gasteiger partial charge in [0, 0.05) is 36.0 Å². The predicted octanol–water partition coefficient (Wildman–Crippen LogP) is 4.55. The number of halogens is 2. The van der Waals surface area contributed by atoms with Crippen LogP contribution in [0.1, 0.15) is 43.1 Å². The third-order valence-electron chi connectivity index (χ3n) is 8.07. The number of nitrogens with one attached hydrogen (secondary N) is 1. The number of aliphatic hydroxyl groups excluding tert-OH is 1. The van der Waals surface area contributed by atoms with E-state index in [1.807, 2.05) is 30.3 Å². The highest BCUT2D eigenvalue weighted by atomic mass is 19.1. The zero-order chi connectivity index (χ0) is 30.1. The number of nitrogens with zero attached hydrogens (tertiary/aromatic N) is 4. The van der Waals surface area contributed by atoms with E-state index in [9.17, 15) is 9.90 Å². The molecule has 43 heavy (non-hydrogen) atoms. The highest BCUT2D eigenvalue weighted by Gasteiger charge is 2.42. The van der Waals surface area contributed by atoms with Crippen LogP contribution in [0.3, 0.4) is 0 Å². The lowest BCUT2D eigenvalue weighted by molar-refractivity contribution is -0.0727. The SMILES string of the molecule is COc1cc(OC)c(F)c(N2Cc3cnc(NCC4O[C@H](c5ccccc5)O[C@H]4CO)nc3N(C3CCCC3)C2=O)c1F. The van der Waals surface area contributed by atoms with E-state index in [0.717, 1.165) is 42.2 Å². The Kier molecular flexibility index (Phi) is 8.28. The summed E-state index contributed by atoms with van der Waals surface area (Å²) in [5.74, 6) is -1.88. The van der Waals surface area contributed by atoms with E-state index in [1.54, 1.807) is 6.20 Å². The maximum absolute atomic E-state index is 15.5. The number of carbonyl (C=O) groups is 1. The van der Waals surface area contributed by atoms with Crippen molar-refractivity contribution in [1.29, 1.82) is 0 Å². The van der Waals surface area contributed by atoms with Crippen LogP contribution in [-0.4, -0.2) is 66.7 Å². The lowest BCUT2D eigenvalue weighted by Crippen LogP contribution is -2.52. The van der Waals surface area contributed by atoms with E-state index in [4.69, 9.17) is 18.9 Å². The molecule has 228 valence electrons. The summed E-state index contributed by atoms with van der Waals surface area (Å²) in [4.78, 5) is 25.7. The van der Waals surface area contributed by atoms with Gasteiger partial charge in [0.2, 0.25) is 5.95 Å². The second-order valence-electron chi connectivity index (χ2n) is 10.6. The number of aromatic nitrogens is 2. The van der Waals surface area contributed by atoms with Crippen LogP contribution >= 0.6 is 0 Å². The molecule has 1 aliphatic carbocycles. The number of rotatable bonds is 9. The molecule has 0 spiro atoms. The Morgan fingerprint density at radius 2 is 1.72 bits per heavy atom. The van der Waals surface area contributed by atoms with E-state index in [2.05, 4.69) is 15.3 Å². The van der Waals surface area contributed by atoms with Crippen LogP contribution < -0.4 is 24.6 Å². The molecule has 1 saturated heterocycles. The summed E-state index contributed by atoms with van der Waals surface area (Å²) in [6.07, 6.45) is 3.15. The van der Waals surface area contributed by atoms with E-state index in [-0.39, 0.29) is 43.2 Å². The highest BCUT2D eigenvalue weighted by Crippen LogP contribution is 2.42. The number of hydrogen-bond donors (Lipinski definition) is 2. The van der Waals surface area contributed by atoms with Gasteiger partial charge < -0.3 is 29.4 Å². The molecule has 2 fully saturated rings. The molecule has 2 aliphatic heterocycles. The van der Waals surface area contributed by atoms with Crippen LogP contribution in [0, 0.1) is 11.6 Å². The van der Waals surface area contributed by atoms with Crippen LogP contribution in [-0.2, 0) is 16.0 Å². The number of ether oxygens (including phenoxy) is 4. The number of amides is 2. The quantitative estimate of drug-likeness (QED) is 0.366. The highest BCUT2D eigenvalue weighted by molar-refractivity contribution is 6.06. The van der Waals surface area contributed by atoms with Gasteiger partial charge in [0.15, 0.2) is 29.4 Å². The Morgan fingerprint density at radius 3 is 2.37 bits per heavy atom. The molecule has 3 heterocycles. The number of aliphatic hydroxyl groups is 1. The first-order chi connectivity index (χ1) is 20.9. The van der Waals surface area contributed by atoms with Gasteiger partial charge in [0.1, 0.15) is 23.7 Å². The van der Waals surface area contributed by atoms with Crippen molar-refractivity contribution in [2.24, 2.45) is 0 Å². The first kappa shape index (κ1) is 29.0. The van der Waals surface area contributed by atoms with Crippen LogP contribution in [0.2, 0.25) is 0 Å². The van der Waals surface area contributed by atoms with Crippen molar-refractivity contribution in [3.8, 4) is 11.5 Å². The third-order valence-corrected chi connectivity index (χ3v) is 8.07. The molecule has 1 saturated carbocycles. The summed E-state index contributed by atoms with van der Waals surface area (Å²) in [6, 6.07) is 9.74. The summed E-state index contributed by atoms with van der Waals surface area (Å²) in [6.45, 7) is -0.160. The fraction of sp³-hybridized carbons (Fsp3) is 0.433. The number of hydrogen-bond acceptors (Lipinski definition) is 9. The monoisotopic (exact) mass is 597 g/mol. The molecule has 1 unspecified atom stereocenters. The van der Waals surface area contributed by atoms with E-state index < -0.39 is 41.9 Å². The van der Waals surface area contributed by atoms with Crippen molar-refractivity contribution in [2.75, 3.05) is 42.5 Å². The second kappa shape index (κ2) is 12.3. The van der Waals surface area contributed by atoms with Gasteiger partial charge in [-0.3, -0.25) is 9.80 Å². The molecular weight excluding hydrogens is 564 g/mol. The number of benzene rings is 2. The van der Waals surface area contributed by atoms with Gasteiger partial charge in [-0.05, 0) is 12.8 Å². The average Bonchev–Trinajstić information content (AvgIpc) is 3.71. The zero-order valence-corrected chi connectivity index (χ0v) is 23.8. The Hall–Kier alpha value is -4.07. The number of anilines is 3. The van der Waals surface area contributed by atoms with Gasteiger partial charge in [0.25, 0.3) is 0 Å². The lowest BCUT2D eigenvalue weighted by atomic mass is 10.1. The summed E-state index contributed by atoms with van der Waals surface area (Å²) in [5.41, 5.74) is 0.805. The van der Waals surface area contributed by atoms with Gasteiger partial charge in [-0.1, -0.05) is 43.2 Å². The number of urea groups is 1. The number of fused-ring (bicyclic) bond motifs is 1. The first-order valence-electron chi connectivity index (χ1n) is 14.2. The molecule has 2 aromatic carbocycles. The van der Waals surface area contributed by atoms with Crippen molar-refractivity contribution in [1.82, 2.24) is 9.97 Å². The maximum atomic E-state index is 15.5. The van der Waals surface area contributed by atoms with Crippen molar-refractivity contribution >= 4 is 23.5 Å². The molecule has 0 bridgehead atoms. The van der Waals surface area contributed by atoms with Crippen molar-refractivity contribution in [3.05, 3.63) is 65.4 Å². The van der Waals surface area contributed by atoms with E-state index in [1.165, 1.54) is 19.1 Å². The van der Waals surface area contributed by atoms with Gasteiger partial charge in [-0.2, -0.15) is 4.98 Å². The molecule has 2 amide bonds. The van der Waals surface area contributed by atoms with Crippen molar-refractivity contribution < 1.29 is 37.6 Å². The Labute approximate surface area is 247 Å². The third kappa shape index (κ3) is 5.43. The molecule has 6 rings (SSSR count). The molecular formula is C30H33F2N5O6. The molecule has 3 aliphatic rings. The average molecular weight is 598 g/mol. The number of carbonyl (C=O) groups excluding carboxylic acids is 1. The molecule has 3 aromatic rings. The largest absolute Gasteiger partial charge is 0.493 e. The summed E-state index contributed by atoms with van der Waals surface area (Å²) in [5, 5.41) is 13.0. The minimum Gasteiger partial charge on any atom is -0.493 e. The molecule has 0 radical (unpaired) electrons. The van der Waals surface area contributed by atoms with Gasteiger partial charge in [-0.15, -0.1) is 0 Å². The molecule has 11 nitrogen and oxygen atoms in total. The van der Waals surface area contributed by atoms with Crippen LogP contribution in [0.15, 0.2) is 42.6 Å². The van der Waals surface area contributed by atoms with E-state index >= 15 is 8.78 Å². The fourth-order valence-electron chi connectivity index (χ4n) is 5.86. The topological polar surface area (TPSA) is 119 Å². The second-order valence-corrected chi connectivity index (χ2v) is 10.6. The summed E-state index contributed by atoms with van der Waals surface area (Å²) in [7, 11) is 2.51. The standard InChI is InChI=1S/C30H33F2N5O6/c1-40-20-12-21(41-2)25(32)26(24(20)31)36-15-18-13-33-29(35-27(18)37(30(36)39)19-10-6-7-11-19)34-14-22-23(16-38)43-28(42-22)17-8-4-3-5-9-17/h3-5,8-9,12-13,19,22-23,28,38H,6-7,10-11,14-16H2,1-2H3,(H,33,34,35)/t22?,23-,28-/m0/s1. The predicted molar refractivity (Wildman–Crippen MR) is 152 cm³/mol. The molecule has 13 heteroatoms. The Morgan fingerprint density at radius 1 is 1.05 bits per heavy atom. The molecule has 2 N–H and O–H groups in total. The van der Waals surface area contributed by atoms with Crippen LogP contribution in [0.5, 0.6) is 11.5 Å². The van der Waals surface area contributed by atoms with Crippen LogP contribution in [0.25, 0.3) is 0 Å². The van der Waals surface area contributed by atoms with Crippen molar-refractivity contribution in [3.63, 3.8) is 0 Å². The summed E-state index contributed by atoms with van der Waals surface area (Å²) >= 11 is 0.